The lowest BCUT2D eigenvalue weighted by atomic mass is 9.97. The second kappa shape index (κ2) is 5.77. The van der Waals surface area contributed by atoms with Crippen LogP contribution in [0.1, 0.15) is 30.1 Å². The maximum Gasteiger partial charge on any atom is 0.303 e. The molecule has 0 amide bonds. The number of rotatable bonds is 5. The van der Waals surface area contributed by atoms with E-state index in [0.29, 0.717) is 5.56 Å². The number of carboxylic acids is 1. The number of carbonyl (C=O) groups excluding carboxylic acids is 1. The first kappa shape index (κ1) is 13.6. The minimum absolute atomic E-state index is 0.0688. The molecule has 0 aliphatic rings. The molecular formula is C12H12ClFO3. The van der Waals surface area contributed by atoms with Crippen LogP contribution in [0.4, 0.5) is 4.39 Å². The fourth-order valence-corrected chi connectivity index (χ4v) is 1.65. The zero-order valence-corrected chi connectivity index (χ0v) is 10.00. The van der Waals surface area contributed by atoms with Crippen LogP contribution in [0.2, 0.25) is 5.02 Å². The van der Waals surface area contributed by atoms with Crippen molar-refractivity contribution in [2.45, 2.75) is 19.8 Å². The van der Waals surface area contributed by atoms with E-state index in [0.717, 1.165) is 6.07 Å². The number of ketones is 1. The molecule has 0 fully saturated rings. The number of hydrogen-bond donors (Lipinski definition) is 1. The van der Waals surface area contributed by atoms with E-state index in [4.69, 9.17) is 16.7 Å². The van der Waals surface area contributed by atoms with Crippen LogP contribution in [0.25, 0.3) is 0 Å². The van der Waals surface area contributed by atoms with Crippen molar-refractivity contribution < 1.29 is 19.1 Å². The number of Topliss-reactive ketones (excluding diaryl/α,β-unsaturated/α-hetero) is 1. The van der Waals surface area contributed by atoms with Crippen LogP contribution >= 0.6 is 11.6 Å². The summed E-state index contributed by atoms with van der Waals surface area (Å²) in [7, 11) is 0. The highest BCUT2D eigenvalue weighted by Crippen LogP contribution is 2.19. The average Bonchev–Trinajstić information content (AvgIpc) is 2.20. The summed E-state index contributed by atoms with van der Waals surface area (Å²) in [6.45, 7) is 1.68. The molecule has 0 saturated heterocycles. The normalized spacial score (nSPS) is 12.2. The molecule has 0 heterocycles. The second-order valence-electron chi connectivity index (χ2n) is 3.96. The third kappa shape index (κ3) is 4.15. The molecule has 17 heavy (non-hydrogen) atoms. The Labute approximate surface area is 103 Å². The molecule has 1 aromatic rings. The van der Waals surface area contributed by atoms with Crippen molar-refractivity contribution in [2.75, 3.05) is 0 Å². The monoisotopic (exact) mass is 258 g/mol. The molecule has 0 spiro atoms. The Morgan fingerprint density at radius 3 is 2.59 bits per heavy atom. The minimum Gasteiger partial charge on any atom is -0.481 e. The number of hydrogen-bond acceptors (Lipinski definition) is 2. The van der Waals surface area contributed by atoms with Gasteiger partial charge in [-0.1, -0.05) is 18.5 Å². The van der Waals surface area contributed by atoms with Gasteiger partial charge >= 0.3 is 5.97 Å². The van der Waals surface area contributed by atoms with Gasteiger partial charge in [-0.15, -0.1) is 0 Å². The third-order valence-corrected chi connectivity index (χ3v) is 2.59. The van der Waals surface area contributed by atoms with Crippen LogP contribution in [0.15, 0.2) is 18.2 Å². The highest BCUT2D eigenvalue weighted by Gasteiger charge is 2.15. The van der Waals surface area contributed by atoms with Crippen LogP contribution < -0.4 is 0 Å². The number of halogens is 2. The van der Waals surface area contributed by atoms with E-state index in [1.807, 2.05) is 0 Å². The van der Waals surface area contributed by atoms with Crippen molar-refractivity contribution in [1.82, 2.24) is 0 Å². The number of carboxylic acid groups (broad SMARTS) is 1. The van der Waals surface area contributed by atoms with Crippen LogP contribution in [0, 0.1) is 11.7 Å². The smallest absolute Gasteiger partial charge is 0.303 e. The predicted octanol–water partition coefficient (Wildman–Crippen LogP) is 3.16. The molecule has 5 heteroatoms. The molecule has 0 saturated carbocycles. The Morgan fingerprint density at radius 1 is 1.41 bits per heavy atom. The number of carbonyl (C=O) groups is 2. The molecule has 0 aliphatic heterocycles. The summed E-state index contributed by atoms with van der Waals surface area (Å²) in [6, 6.07) is 3.72. The summed E-state index contributed by atoms with van der Waals surface area (Å²) in [4.78, 5) is 22.2. The van der Waals surface area contributed by atoms with E-state index >= 15 is 0 Å². The van der Waals surface area contributed by atoms with Crippen molar-refractivity contribution in [3.63, 3.8) is 0 Å². The van der Waals surface area contributed by atoms with Gasteiger partial charge in [-0.2, -0.15) is 0 Å². The number of aliphatic carboxylic acids is 1. The fourth-order valence-electron chi connectivity index (χ4n) is 1.47. The molecule has 0 radical (unpaired) electrons. The maximum atomic E-state index is 12.9. The van der Waals surface area contributed by atoms with Gasteiger partial charge in [0.05, 0.1) is 5.02 Å². The lowest BCUT2D eigenvalue weighted by Gasteiger charge is -2.07. The molecule has 0 aliphatic carbocycles. The predicted molar refractivity (Wildman–Crippen MR) is 61.8 cm³/mol. The molecule has 1 rings (SSSR count). The van der Waals surface area contributed by atoms with E-state index in [-0.39, 0.29) is 29.6 Å². The highest BCUT2D eigenvalue weighted by molar-refractivity contribution is 6.31. The Bertz CT molecular complexity index is 445. The lowest BCUT2D eigenvalue weighted by molar-refractivity contribution is -0.137. The Hall–Kier alpha value is -1.42. The Balaban J connectivity index is 2.70. The van der Waals surface area contributed by atoms with E-state index in [2.05, 4.69) is 0 Å². The standard InChI is InChI=1S/C12H12ClFO3/c1-7(5-12(16)17)4-11(15)8-2-3-10(14)9(13)6-8/h2-3,6-7H,4-5H2,1H3,(H,16,17)/t7-/m0/s1. The van der Waals surface area contributed by atoms with E-state index in [9.17, 15) is 14.0 Å². The van der Waals surface area contributed by atoms with Crippen molar-refractivity contribution >= 4 is 23.4 Å². The molecule has 0 aromatic heterocycles. The van der Waals surface area contributed by atoms with Gasteiger partial charge in [0.2, 0.25) is 0 Å². The van der Waals surface area contributed by atoms with Gasteiger partial charge < -0.3 is 5.11 Å². The quantitative estimate of drug-likeness (QED) is 0.826. The SMILES string of the molecule is C[C@H](CC(=O)O)CC(=O)c1ccc(F)c(Cl)c1. The molecule has 0 bridgehead atoms. The van der Waals surface area contributed by atoms with Gasteiger partial charge in [-0.05, 0) is 24.1 Å². The van der Waals surface area contributed by atoms with Gasteiger partial charge in [0.1, 0.15) is 5.82 Å². The van der Waals surface area contributed by atoms with Crippen molar-refractivity contribution in [2.24, 2.45) is 5.92 Å². The molecule has 0 unspecified atom stereocenters. The van der Waals surface area contributed by atoms with Crippen LogP contribution in [0.3, 0.4) is 0 Å². The maximum absolute atomic E-state index is 12.9. The molecule has 1 atom stereocenters. The van der Waals surface area contributed by atoms with E-state index in [1.165, 1.54) is 12.1 Å². The van der Waals surface area contributed by atoms with E-state index in [1.54, 1.807) is 6.92 Å². The zero-order valence-electron chi connectivity index (χ0n) is 9.24. The molecular weight excluding hydrogens is 247 g/mol. The second-order valence-corrected chi connectivity index (χ2v) is 4.37. The van der Waals surface area contributed by atoms with Crippen molar-refractivity contribution in [3.05, 3.63) is 34.6 Å². The van der Waals surface area contributed by atoms with Gasteiger partial charge in [-0.25, -0.2) is 4.39 Å². The van der Waals surface area contributed by atoms with Crippen LogP contribution in [-0.4, -0.2) is 16.9 Å². The topological polar surface area (TPSA) is 54.4 Å². The van der Waals surface area contributed by atoms with Gasteiger partial charge in [0.15, 0.2) is 5.78 Å². The first-order valence-electron chi connectivity index (χ1n) is 5.10. The zero-order chi connectivity index (χ0) is 13.0. The lowest BCUT2D eigenvalue weighted by Crippen LogP contribution is -2.10. The van der Waals surface area contributed by atoms with E-state index < -0.39 is 11.8 Å². The first-order chi connectivity index (χ1) is 7.90. The largest absolute Gasteiger partial charge is 0.481 e. The molecule has 3 nitrogen and oxygen atoms in total. The van der Waals surface area contributed by atoms with Gasteiger partial charge in [0.25, 0.3) is 0 Å². The first-order valence-corrected chi connectivity index (χ1v) is 5.48. The van der Waals surface area contributed by atoms with Crippen molar-refractivity contribution in [1.29, 1.82) is 0 Å². The number of benzene rings is 1. The molecule has 92 valence electrons. The highest BCUT2D eigenvalue weighted by atomic mass is 35.5. The minimum atomic E-state index is -0.942. The van der Waals surface area contributed by atoms with Gasteiger partial charge in [-0.3, -0.25) is 9.59 Å². The molecule has 1 N–H and O–H groups in total. The summed E-state index contributed by atoms with van der Waals surface area (Å²) in [5.41, 5.74) is 0.300. The van der Waals surface area contributed by atoms with Gasteiger partial charge in [0, 0.05) is 18.4 Å². The van der Waals surface area contributed by atoms with Crippen LogP contribution in [-0.2, 0) is 4.79 Å². The summed E-state index contributed by atoms with van der Waals surface area (Å²) in [6.07, 6.45) is 0.0366. The van der Waals surface area contributed by atoms with Crippen molar-refractivity contribution in [3.8, 4) is 0 Å². The summed E-state index contributed by atoms with van der Waals surface area (Å²) < 4.78 is 12.9. The summed E-state index contributed by atoms with van der Waals surface area (Å²) in [5.74, 6) is -2.02. The fraction of sp³-hybridized carbons (Fsp3) is 0.333. The third-order valence-electron chi connectivity index (χ3n) is 2.30. The Morgan fingerprint density at radius 2 is 2.06 bits per heavy atom. The summed E-state index contributed by atoms with van der Waals surface area (Å²) >= 11 is 5.56. The van der Waals surface area contributed by atoms with Crippen LogP contribution in [0.5, 0.6) is 0 Å². The Kier molecular flexibility index (Phi) is 4.63. The summed E-state index contributed by atoms with van der Waals surface area (Å²) in [5, 5.41) is 8.46. The average molecular weight is 259 g/mol. The molecule has 1 aromatic carbocycles.